The van der Waals surface area contributed by atoms with Crippen LogP contribution in [0.2, 0.25) is 0 Å². The number of halogens is 1. The molecule has 7 nitrogen and oxygen atoms in total. The molecule has 0 atom stereocenters. The van der Waals surface area contributed by atoms with Crippen LogP contribution in [-0.2, 0) is 6.54 Å². The first-order valence-corrected chi connectivity index (χ1v) is 9.75. The number of pyridine rings is 1. The summed E-state index contributed by atoms with van der Waals surface area (Å²) >= 11 is 0. The first-order chi connectivity index (χ1) is 14.5. The van der Waals surface area contributed by atoms with Crippen LogP contribution >= 0.6 is 0 Å². The molecule has 0 radical (unpaired) electrons. The smallest absolute Gasteiger partial charge is 0.179 e. The fraction of sp³-hybridized carbons (Fsp3) is 0.273. The molecular formula is C22H23FN6O. The molecule has 0 aliphatic rings. The normalized spacial score (nSPS) is 11.1. The predicted molar refractivity (Wildman–Crippen MR) is 114 cm³/mol. The van der Waals surface area contributed by atoms with Crippen molar-refractivity contribution in [1.29, 1.82) is 0 Å². The van der Waals surface area contributed by atoms with E-state index in [-0.39, 0.29) is 0 Å². The van der Waals surface area contributed by atoms with E-state index in [1.807, 2.05) is 44.9 Å². The minimum atomic E-state index is -0.401. The number of aryl methyl sites for hydroxylation is 2. The van der Waals surface area contributed by atoms with Gasteiger partial charge in [0.25, 0.3) is 0 Å². The number of hydrogen-bond acceptors (Lipinski definition) is 6. The largest absolute Gasteiger partial charge is 0.494 e. The van der Waals surface area contributed by atoms with Crippen LogP contribution < -0.4 is 9.64 Å². The highest BCUT2D eigenvalue weighted by Crippen LogP contribution is 2.30. The molecule has 0 saturated carbocycles. The van der Waals surface area contributed by atoms with Gasteiger partial charge in [0.2, 0.25) is 0 Å². The molecule has 154 valence electrons. The van der Waals surface area contributed by atoms with Crippen LogP contribution in [0.3, 0.4) is 0 Å². The summed E-state index contributed by atoms with van der Waals surface area (Å²) in [4.78, 5) is 6.04. The van der Waals surface area contributed by atoms with Crippen molar-refractivity contribution in [3.05, 3.63) is 65.5 Å². The molecule has 4 aromatic rings. The highest BCUT2D eigenvalue weighted by molar-refractivity contribution is 5.92. The Morgan fingerprint density at radius 3 is 2.57 bits per heavy atom. The Balaban J connectivity index is 1.80. The highest BCUT2D eigenvalue weighted by atomic mass is 19.1. The first kappa shape index (κ1) is 19.8. The summed E-state index contributed by atoms with van der Waals surface area (Å²) in [5.41, 5.74) is 3.69. The van der Waals surface area contributed by atoms with Gasteiger partial charge in [-0.25, -0.2) is 9.07 Å². The van der Waals surface area contributed by atoms with Gasteiger partial charge in [-0.2, -0.15) is 10.2 Å². The molecule has 0 aliphatic heterocycles. The lowest BCUT2D eigenvalue weighted by Crippen LogP contribution is -2.19. The summed E-state index contributed by atoms with van der Waals surface area (Å²) in [6.45, 7) is 6.76. The van der Waals surface area contributed by atoms with Gasteiger partial charge in [-0.3, -0.25) is 4.98 Å². The molecule has 1 aromatic carbocycles. The SMILES string of the molecule is CCOc1ccc(-n2nc3c(N(C)Cc4ccncc4)nnc(C)c3c2C)c(F)c1. The number of nitrogens with zero attached hydrogens (tertiary/aromatic N) is 6. The van der Waals surface area contributed by atoms with Crippen molar-refractivity contribution in [1.82, 2.24) is 25.0 Å². The third-order valence-electron chi connectivity index (χ3n) is 4.97. The zero-order valence-electron chi connectivity index (χ0n) is 17.4. The van der Waals surface area contributed by atoms with E-state index in [1.165, 1.54) is 6.07 Å². The molecule has 0 N–H and O–H groups in total. The van der Waals surface area contributed by atoms with Gasteiger partial charge in [0.05, 0.1) is 23.4 Å². The van der Waals surface area contributed by atoms with Gasteiger partial charge in [-0.1, -0.05) is 0 Å². The van der Waals surface area contributed by atoms with Crippen LogP contribution in [0.25, 0.3) is 16.6 Å². The van der Waals surface area contributed by atoms with Crippen LogP contribution in [0.15, 0.2) is 42.7 Å². The first-order valence-electron chi connectivity index (χ1n) is 9.75. The molecule has 3 aromatic heterocycles. The summed E-state index contributed by atoms with van der Waals surface area (Å²) in [5, 5.41) is 14.3. The third-order valence-corrected chi connectivity index (χ3v) is 4.97. The van der Waals surface area contributed by atoms with Crippen LogP contribution in [0.4, 0.5) is 10.2 Å². The van der Waals surface area contributed by atoms with E-state index in [9.17, 15) is 4.39 Å². The lowest BCUT2D eigenvalue weighted by atomic mass is 10.2. The van der Waals surface area contributed by atoms with Crippen molar-refractivity contribution >= 4 is 16.7 Å². The summed E-state index contributed by atoms with van der Waals surface area (Å²) in [6, 6.07) is 8.71. The van der Waals surface area contributed by atoms with Gasteiger partial charge < -0.3 is 9.64 Å². The lowest BCUT2D eigenvalue weighted by molar-refractivity contribution is 0.338. The molecule has 0 saturated heterocycles. The number of fused-ring (bicyclic) bond motifs is 1. The number of benzene rings is 1. The van der Waals surface area contributed by atoms with Crippen LogP contribution in [0.5, 0.6) is 5.75 Å². The van der Waals surface area contributed by atoms with Crippen LogP contribution in [-0.4, -0.2) is 38.6 Å². The number of rotatable bonds is 6. The van der Waals surface area contributed by atoms with E-state index in [0.717, 1.165) is 22.3 Å². The fourth-order valence-corrected chi connectivity index (χ4v) is 3.56. The molecule has 0 aliphatic carbocycles. The fourth-order valence-electron chi connectivity index (χ4n) is 3.56. The van der Waals surface area contributed by atoms with Crippen molar-refractivity contribution in [3.63, 3.8) is 0 Å². The monoisotopic (exact) mass is 406 g/mol. The minimum Gasteiger partial charge on any atom is -0.494 e. The quantitative estimate of drug-likeness (QED) is 0.482. The highest BCUT2D eigenvalue weighted by Gasteiger charge is 2.20. The Morgan fingerprint density at radius 2 is 1.87 bits per heavy atom. The van der Waals surface area contributed by atoms with Crippen molar-refractivity contribution in [2.45, 2.75) is 27.3 Å². The maximum absolute atomic E-state index is 14.8. The van der Waals surface area contributed by atoms with E-state index in [0.29, 0.717) is 35.9 Å². The molecule has 0 bridgehead atoms. The summed E-state index contributed by atoms with van der Waals surface area (Å²) in [7, 11) is 1.94. The van der Waals surface area contributed by atoms with Crippen molar-refractivity contribution in [2.24, 2.45) is 0 Å². The second kappa shape index (κ2) is 8.06. The van der Waals surface area contributed by atoms with E-state index >= 15 is 0 Å². The summed E-state index contributed by atoms with van der Waals surface area (Å²) in [5.74, 6) is 0.730. The average Bonchev–Trinajstić information content (AvgIpc) is 3.07. The Labute approximate surface area is 174 Å². The van der Waals surface area contributed by atoms with E-state index in [4.69, 9.17) is 9.84 Å². The van der Waals surface area contributed by atoms with Gasteiger partial charge in [-0.05, 0) is 50.6 Å². The molecule has 0 amide bonds. The maximum Gasteiger partial charge on any atom is 0.179 e. The van der Waals surface area contributed by atoms with Gasteiger partial charge in [0.1, 0.15) is 17.0 Å². The molecule has 3 heterocycles. The second-order valence-corrected chi connectivity index (χ2v) is 7.09. The zero-order chi connectivity index (χ0) is 21.3. The summed E-state index contributed by atoms with van der Waals surface area (Å²) < 4.78 is 21.8. The molecule has 4 rings (SSSR count). The van der Waals surface area contributed by atoms with Gasteiger partial charge in [0.15, 0.2) is 11.6 Å². The van der Waals surface area contributed by atoms with Gasteiger partial charge >= 0.3 is 0 Å². The Bertz CT molecular complexity index is 1190. The number of anilines is 1. The molecule has 30 heavy (non-hydrogen) atoms. The molecular weight excluding hydrogens is 383 g/mol. The Kier molecular flexibility index (Phi) is 5.31. The molecule has 0 unspecified atom stereocenters. The van der Waals surface area contributed by atoms with Crippen LogP contribution in [0.1, 0.15) is 23.9 Å². The number of hydrogen-bond donors (Lipinski definition) is 0. The number of aromatic nitrogens is 5. The van der Waals surface area contributed by atoms with Gasteiger partial charge in [0, 0.05) is 32.1 Å². The zero-order valence-corrected chi connectivity index (χ0v) is 17.4. The second-order valence-electron chi connectivity index (χ2n) is 7.09. The maximum atomic E-state index is 14.8. The third kappa shape index (κ3) is 3.56. The van der Waals surface area contributed by atoms with Crippen molar-refractivity contribution < 1.29 is 9.13 Å². The molecule has 8 heteroatoms. The average molecular weight is 406 g/mol. The standard InChI is InChI=1S/C22H23FN6O/c1-5-30-17-6-7-19(18(23)12-17)29-15(3)20-14(2)25-26-22(21(20)27-29)28(4)13-16-8-10-24-11-9-16/h6-12H,5,13H2,1-4H3. The lowest BCUT2D eigenvalue weighted by Gasteiger charge is -2.18. The topological polar surface area (TPSA) is 69.0 Å². The Hall–Kier alpha value is -3.55. The Morgan fingerprint density at radius 1 is 1.10 bits per heavy atom. The molecule has 0 spiro atoms. The van der Waals surface area contributed by atoms with Crippen LogP contribution in [0, 0.1) is 19.7 Å². The van der Waals surface area contributed by atoms with Gasteiger partial charge in [-0.15, -0.1) is 5.10 Å². The predicted octanol–water partition coefficient (Wildman–Crippen LogP) is 4.00. The molecule has 0 fully saturated rings. The van der Waals surface area contributed by atoms with E-state index in [2.05, 4.69) is 15.2 Å². The van der Waals surface area contributed by atoms with Crippen molar-refractivity contribution in [2.75, 3.05) is 18.6 Å². The summed E-state index contributed by atoms with van der Waals surface area (Å²) in [6.07, 6.45) is 3.51. The van der Waals surface area contributed by atoms with Crippen molar-refractivity contribution in [3.8, 4) is 11.4 Å². The minimum absolute atomic E-state index is 0.356. The van der Waals surface area contributed by atoms with E-state index < -0.39 is 5.82 Å². The van der Waals surface area contributed by atoms with E-state index in [1.54, 1.807) is 29.2 Å². The number of ether oxygens (including phenoxy) is 1.